The lowest BCUT2D eigenvalue weighted by Gasteiger charge is -2.41. The van der Waals surface area contributed by atoms with Crippen molar-refractivity contribution in [3.63, 3.8) is 0 Å². The van der Waals surface area contributed by atoms with E-state index in [9.17, 15) is 4.79 Å². The van der Waals surface area contributed by atoms with E-state index in [1.54, 1.807) is 0 Å². The van der Waals surface area contributed by atoms with Crippen molar-refractivity contribution in [2.45, 2.75) is 44.8 Å². The Morgan fingerprint density at radius 2 is 2.00 bits per heavy atom. The Balaban J connectivity index is 0.00000176. The van der Waals surface area contributed by atoms with E-state index < -0.39 is 0 Å². The molecule has 1 aromatic rings. The predicted octanol–water partition coefficient (Wildman–Crippen LogP) is 3.35. The van der Waals surface area contributed by atoms with Crippen molar-refractivity contribution in [1.82, 2.24) is 4.90 Å². The van der Waals surface area contributed by atoms with Gasteiger partial charge in [0.25, 0.3) is 0 Å². The molecule has 0 amide bonds. The van der Waals surface area contributed by atoms with E-state index in [0.717, 1.165) is 24.4 Å². The molecule has 2 aliphatic rings. The van der Waals surface area contributed by atoms with Crippen LogP contribution >= 0.6 is 12.4 Å². The fourth-order valence-electron chi connectivity index (χ4n) is 3.23. The molecule has 3 rings (SSSR count). The van der Waals surface area contributed by atoms with Crippen LogP contribution in [0, 0.1) is 0 Å². The molecule has 22 heavy (non-hydrogen) atoms. The zero-order valence-corrected chi connectivity index (χ0v) is 13.8. The highest BCUT2D eigenvalue weighted by Crippen LogP contribution is 2.37. The van der Waals surface area contributed by atoms with E-state index in [0.29, 0.717) is 13.0 Å². The molecule has 2 heterocycles. The molecule has 1 saturated heterocycles. The topological polar surface area (TPSA) is 38.8 Å². The number of piperidine rings is 1. The van der Waals surface area contributed by atoms with Crippen molar-refractivity contribution in [1.29, 1.82) is 0 Å². The number of hydrogen-bond donors (Lipinski definition) is 0. The summed E-state index contributed by atoms with van der Waals surface area (Å²) in [5.41, 5.74) is 1.00. The van der Waals surface area contributed by atoms with Gasteiger partial charge in [-0.1, -0.05) is 31.5 Å². The number of nitrogens with zero attached hydrogens (tertiary/aromatic N) is 1. The Bertz CT molecular complexity index is 502. The highest BCUT2D eigenvalue weighted by molar-refractivity contribution is 5.85. The average molecular weight is 326 g/mol. The summed E-state index contributed by atoms with van der Waals surface area (Å²) < 4.78 is 11.7. The van der Waals surface area contributed by atoms with Crippen LogP contribution in [0.15, 0.2) is 24.3 Å². The summed E-state index contributed by atoms with van der Waals surface area (Å²) in [6, 6.07) is 8.04. The van der Waals surface area contributed by atoms with Gasteiger partial charge in [0.05, 0.1) is 6.04 Å². The fraction of sp³-hybridized carbons (Fsp3) is 0.588. The van der Waals surface area contributed by atoms with Crippen LogP contribution in [0.3, 0.4) is 0 Å². The number of benzene rings is 1. The molecule has 1 aromatic carbocycles. The third kappa shape index (κ3) is 3.55. The first-order valence-electron chi connectivity index (χ1n) is 7.95. The second-order valence-electron chi connectivity index (χ2n) is 5.78. The van der Waals surface area contributed by atoms with Gasteiger partial charge in [0, 0.05) is 12.0 Å². The second-order valence-corrected chi connectivity index (χ2v) is 5.78. The maximum Gasteiger partial charge on any atom is 0.306 e. The lowest BCUT2D eigenvalue weighted by atomic mass is 9.96. The highest BCUT2D eigenvalue weighted by atomic mass is 35.5. The minimum absolute atomic E-state index is 0. The van der Waals surface area contributed by atoms with Crippen LogP contribution in [0.4, 0.5) is 0 Å². The molecule has 0 radical (unpaired) electrons. The Labute approximate surface area is 138 Å². The molecular formula is C17H24ClNO3. The number of para-hydroxylation sites is 1. The van der Waals surface area contributed by atoms with Crippen molar-refractivity contribution >= 4 is 18.4 Å². The highest BCUT2D eigenvalue weighted by Gasteiger charge is 2.37. The number of carbonyl (C=O) groups excluding carboxylic acids is 1. The number of ether oxygens (including phenoxy) is 2. The maximum absolute atomic E-state index is 11.8. The summed E-state index contributed by atoms with van der Waals surface area (Å²) in [7, 11) is 0. The van der Waals surface area contributed by atoms with Crippen LogP contribution in [0.25, 0.3) is 0 Å². The summed E-state index contributed by atoms with van der Waals surface area (Å²) in [5.74, 6) is 0.707. The molecular weight excluding hydrogens is 302 g/mol. The van der Waals surface area contributed by atoms with Gasteiger partial charge in [0.15, 0.2) is 0 Å². The number of hydrogen-bond acceptors (Lipinski definition) is 4. The first kappa shape index (κ1) is 17.1. The van der Waals surface area contributed by atoms with Gasteiger partial charge < -0.3 is 9.47 Å². The lowest BCUT2D eigenvalue weighted by molar-refractivity contribution is -0.155. The monoisotopic (exact) mass is 325 g/mol. The molecule has 4 nitrogen and oxygen atoms in total. The van der Waals surface area contributed by atoms with Gasteiger partial charge in [-0.3, -0.25) is 9.69 Å². The van der Waals surface area contributed by atoms with Crippen LogP contribution in [0.1, 0.15) is 44.3 Å². The summed E-state index contributed by atoms with van der Waals surface area (Å²) in [4.78, 5) is 14.3. The first-order chi connectivity index (χ1) is 10.3. The second kappa shape index (κ2) is 7.84. The van der Waals surface area contributed by atoms with Gasteiger partial charge in [-0.05, 0) is 32.0 Å². The molecule has 5 heteroatoms. The molecule has 0 spiro atoms. The maximum atomic E-state index is 11.8. The molecule has 0 bridgehead atoms. The van der Waals surface area contributed by atoms with E-state index in [1.807, 2.05) is 31.2 Å². The van der Waals surface area contributed by atoms with E-state index in [1.165, 1.54) is 19.3 Å². The minimum Gasteiger partial charge on any atom is -0.491 e. The lowest BCUT2D eigenvalue weighted by Crippen LogP contribution is -2.49. The van der Waals surface area contributed by atoms with Crippen LogP contribution in [0.5, 0.6) is 5.75 Å². The van der Waals surface area contributed by atoms with E-state index >= 15 is 0 Å². The summed E-state index contributed by atoms with van der Waals surface area (Å²) >= 11 is 0. The van der Waals surface area contributed by atoms with Gasteiger partial charge in [-0.25, -0.2) is 0 Å². The third-order valence-electron chi connectivity index (χ3n) is 4.39. The van der Waals surface area contributed by atoms with E-state index in [-0.39, 0.29) is 30.5 Å². The number of likely N-dealkylation sites (tertiary alicyclic amines) is 1. The normalized spacial score (nSPS) is 24.6. The number of carbonyl (C=O) groups is 1. The van der Waals surface area contributed by atoms with Gasteiger partial charge in [0.1, 0.15) is 18.5 Å². The van der Waals surface area contributed by atoms with Gasteiger partial charge in [0.2, 0.25) is 0 Å². The summed E-state index contributed by atoms with van der Waals surface area (Å²) in [5, 5.41) is 0. The largest absolute Gasteiger partial charge is 0.491 e. The quantitative estimate of drug-likeness (QED) is 0.799. The number of halogens is 1. The molecule has 0 N–H and O–H groups in total. The molecule has 0 aromatic heterocycles. The Kier molecular flexibility index (Phi) is 6.09. The fourth-order valence-corrected chi connectivity index (χ4v) is 3.23. The standard InChI is InChI=1S/C17H23NO3.ClH/c1-2-16(19)21-17-13-8-4-5-9-15(13)20-12-14(17)18-10-6-3-7-11-18;/h4-5,8-9,14,17H,2-3,6-7,10-12H2,1H3;1H. The summed E-state index contributed by atoms with van der Waals surface area (Å²) in [6.07, 6.45) is 3.92. The smallest absolute Gasteiger partial charge is 0.306 e. The number of fused-ring (bicyclic) bond motifs is 1. The van der Waals surface area contributed by atoms with Crippen LogP contribution in [0.2, 0.25) is 0 Å². The molecule has 2 atom stereocenters. The van der Waals surface area contributed by atoms with Crippen molar-refractivity contribution in [3.05, 3.63) is 29.8 Å². The molecule has 1 fully saturated rings. The molecule has 122 valence electrons. The molecule has 0 saturated carbocycles. The van der Waals surface area contributed by atoms with Gasteiger partial charge in [-0.2, -0.15) is 0 Å². The zero-order valence-electron chi connectivity index (χ0n) is 13.0. The first-order valence-corrected chi connectivity index (χ1v) is 7.95. The SMILES string of the molecule is CCC(=O)OC1c2ccccc2OCC1N1CCCCC1.Cl. The van der Waals surface area contributed by atoms with Crippen LogP contribution in [-0.4, -0.2) is 36.6 Å². The molecule has 2 aliphatic heterocycles. The zero-order chi connectivity index (χ0) is 14.7. The van der Waals surface area contributed by atoms with Crippen molar-refractivity contribution in [3.8, 4) is 5.75 Å². The Morgan fingerprint density at radius 1 is 1.27 bits per heavy atom. The predicted molar refractivity (Wildman–Crippen MR) is 87.5 cm³/mol. The average Bonchev–Trinajstić information content (AvgIpc) is 2.56. The number of esters is 1. The van der Waals surface area contributed by atoms with Gasteiger partial charge in [-0.15, -0.1) is 12.4 Å². The van der Waals surface area contributed by atoms with Gasteiger partial charge >= 0.3 is 5.97 Å². The Morgan fingerprint density at radius 3 is 2.73 bits per heavy atom. The van der Waals surface area contributed by atoms with Crippen molar-refractivity contribution in [2.75, 3.05) is 19.7 Å². The van der Waals surface area contributed by atoms with E-state index in [2.05, 4.69) is 4.90 Å². The van der Waals surface area contributed by atoms with Crippen LogP contribution in [-0.2, 0) is 9.53 Å². The number of rotatable bonds is 3. The molecule has 2 unspecified atom stereocenters. The third-order valence-corrected chi connectivity index (χ3v) is 4.39. The van der Waals surface area contributed by atoms with Crippen molar-refractivity contribution in [2.24, 2.45) is 0 Å². The minimum atomic E-state index is -0.208. The van der Waals surface area contributed by atoms with Crippen LogP contribution < -0.4 is 4.74 Å². The Hall–Kier alpha value is -1.26. The van der Waals surface area contributed by atoms with Crippen molar-refractivity contribution < 1.29 is 14.3 Å². The summed E-state index contributed by atoms with van der Waals surface area (Å²) in [6.45, 7) is 4.56. The molecule has 0 aliphatic carbocycles. The van der Waals surface area contributed by atoms with E-state index in [4.69, 9.17) is 9.47 Å².